The van der Waals surface area contributed by atoms with E-state index in [9.17, 15) is 39.6 Å². The molecule has 12 heteroatoms. The first kappa shape index (κ1) is 28.4. The van der Waals surface area contributed by atoms with Crippen molar-refractivity contribution < 1.29 is 111 Å². The van der Waals surface area contributed by atoms with Crippen molar-refractivity contribution in [2.45, 2.75) is 50.6 Å². The summed E-state index contributed by atoms with van der Waals surface area (Å²) in [6.07, 6.45) is -3.04. The van der Waals surface area contributed by atoms with Crippen LogP contribution in [0, 0.1) is 52.6 Å². The van der Waals surface area contributed by atoms with Crippen molar-refractivity contribution in [1.82, 2.24) is 0 Å². The molecule has 0 aromatic rings. The molecule has 0 amide bonds. The molecule has 0 aliphatic heterocycles. The molecule has 0 spiro atoms. The molecule has 26 heavy (non-hydrogen) atoms. The van der Waals surface area contributed by atoms with E-state index in [1.165, 1.54) is 0 Å². The molecule has 1 unspecified atom stereocenters. The van der Waals surface area contributed by atoms with Crippen molar-refractivity contribution >= 4 is 23.9 Å². The van der Waals surface area contributed by atoms with Crippen molar-refractivity contribution in [1.29, 1.82) is 0 Å². The number of hydrogen-bond acceptors (Lipinski definition) is 7. The second-order valence-corrected chi connectivity index (χ2v) is 6.52. The number of carbonyl (C=O) groups excluding carboxylic acids is 1. The monoisotopic (exact) mass is 508 g/mol. The number of aliphatic carboxylic acids is 4. The summed E-state index contributed by atoms with van der Waals surface area (Å²) in [6.45, 7) is 0. The Hall–Kier alpha value is 0.177. The zero-order valence-corrected chi connectivity index (χ0v) is 19.6. The smallest absolute Gasteiger partial charge is 0.550 e. The van der Waals surface area contributed by atoms with E-state index in [0.717, 1.165) is 0 Å². The van der Waals surface area contributed by atoms with Gasteiger partial charge in [-0.25, -0.2) is 0 Å². The molecule has 1 aliphatic rings. The van der Waals surface area contributed by atoms with Gasteiger partial charge in [-0.05, 0) is 25.7 Å². The molecule has 0 bridgehead atoms. The molecule has 0 saturated heterocycles. The van der Waals surface area contributed by atoms with Gasteiger partial charge in [0.15, 0.2) is 0 Å². The van der Waals surface area contributed by atoms with E-state index in [1.54, 1.807) is 0 Å². The van der Waals surface area contributed by atoms with Gasteiger partial charge in [-0.3, -0.25) is 14.4 Å². The van der Waals surface area contributed by atoms with Crippen LogP contribution in [0.25, 0.3) is 0 Å². The van der Waals surface area contributed by atoms with E-state index in [0.29, 0.717) is 0 Å². The maximum absolute atomic E-state index is 11.4. The molecule has 1 fully saturated rings. The number of nitrogens with two attached hydrogens (primary N) is 2. The minimum absolute atomic E-state index is 0. The summed E-state index contributed by atoms with van der Waals surface area (Å²) in [6, 6.07) is 0. The van der Waals surface area contributed by atoms with E-state index in [4.69, 9.17) is 11.5 Å². The fourth-order valence-corrected chi connectivity index (χ4v) is 4.12. The third-order valence-corrected chi connectivity index (χ3v) is 5.03. The number of carboxylic acids is 4. The van der Waals surface area contributed by atoms with Crippen LogP contribution in [0.15, 0.2) is 0 Å². The minimum Gasteiger partial charge on any atom is -0.550 e. The average Bonchev–Trinajstić information content (AvgIpc) is 2.32. The number of carbonyl (C=O) groups is 4. The van der Waals surface area contributed by atoms with Gasteiger partial charge in [0.25, 0.3) is 0 Å². The molecule has 0 aromatic heterocycles. The van der Waals surface area contributed by atoms with Gasteiger partial charge >= 0.3 is 47.5 Å². The van der Waals surface area contributed by atoms with Gasteiger partial charge in [0.05, 0.1) is 24.9 Å². The van der Waals surface area contributed by atoms with Crippen molar-refractivity contribution in [3.05, 3.63) is 0 Å². The van der Waals surface area contributed by atoms with Gasteiger partial charge in [0, 0.05) is 58.5 Å². The zero-order chi connectivity index (χ0) is 18.8. The van der Waals surface area contributed by atoms with Crippen LogP contribution in [0.3, 0.4) is 0 Å². The fraction of sp³-hybridized carbons (Fsp3) is 0.714. The largest absolute Gasteiger partial charge is 1.00 e. The van der Waals surface area contributed by atoms with Crippen molar-refractivity contribution in [3.8, 4) is 0 Å². The van der Waals surface area contributed by atoms with Crippen molar-refractivity contribution in [2.75, 3.05) is 0 Å². The van der Waals surface area contributed by atoms with Crippen LogP contribution in [0.5, 0.6) is 0 Å². The first-order chi connectivity index (χ1) is 10.9. The molecule has 7 N–H and O–H groups in total. The topological polar surface area (TPSA) is 204 Å². The normalized spacial score (nSPS) is 23.0. The second-order valence-electron chi connectivity index (χ2n) is 6.52. The molecule has 0 heterocycles. The molecule has 1 saturated carbocycles. The first-order valence-corrected chi connectivity index (χ1v) is 7.30. The number of carboxylic acid groups (broad SMARTS) is 4. The van der Waals surface area contributed by atoms with Gasteiger partial charge in [-0.2, -0.15) is 0 Å². The predicted molar refractivity (Wildman–Crippen MR) is 76.2 cm³/mol. The van der Waals surface area contributed by atoms with Crippen molar-refractivity contribution in [2.24, 2.45) is 22.3 Å². The van der Waals surface area contributed by atoms with E-state index in [1.807, 2.05) is 0 Å². The van der Waals surface area contributed by atoms with Crippen LogP contribution < -0.4 is 46.1 Å². The molecule has 0 radical (unpaired) electrons. The summed E-state index contributed by atoms with van der Waals surface area (Å²) >= 11 is 0. The van der Waals surface area contributed by atoms with Crippen LogP contribution in [0.2, 0.25) is 0 Å². The Bertz CT molecular complexity index is 537. The molecular weight excluding hydrogens is 487 g/mol. The van der Waals surface area contributed by atoms with E-state index in [2.05, 4.69) is 0 Å². The Balaban J connectivity index is 0. The molecule has 1 rings (SSSR count). The van der Waals surface area contributed by atoms with Gasteiger partial charge in [-0.1, -0.05) is 0 Å². The Labute approximate surface area is 205 Å². The van der Waals surface area contributed by atoms with E-state index in [-0.39, 0.29) is 90.6 Å². The second kappa shape index (κ2) is 10.6. The van der Waals surface area contributed by atoms with Crippen LogP contribution >= 0.6 is 0 Å². The number of rotatable bonds is 8. The fourth-order valence-electron chi connectivity index (χ4n) is 4.12. The molecule has 1 atom stereocenters. The molecule has 140 valence electrons. The van der Waals surface area contributed by atoms with Crippen LogP contribution in [-0.4, -0.2) is 44.9 Å². The van der Waals surface area contributed by atoms with Crippen LogP contribution in [-0.2, 0) is 19.2 Å². The summed E-state index contributed by atoms with van der Waals surface area (Å²) in [5.41, 5.74) is 6.48. The van der Waals surface area contributed by atoms with Crippen LogP contribution in [0.1, 0.15) is 44.9 Å². The standard InChI is InChI=1S/C14H22N2O8.Ce.Na/c15-14(16)3-1-2-12(4-8(17)18,5-9(19)20)13(14,6-10(21)22)7-11(23)24;;/h1-7,15-16H2,(H,17,18)(H,19,20)(H,21,22)(H,23,24);;/q;;+1/p-1. The van der Waals surface area contributed by atoms with Crippen molar-refractivity contribution in [3.63, 3.8) is 0 Å². The summed E-state index contributed by atoms with van der Waals surface area (Å²) < 4.78 is 0. The Morgan fingerprint density at radius 2 is 1.27 bits per heavy atom. The predicted octanol–water partition coefficient (Wildman–Crippen LogP) is -4.68. The van der Waals surface area contributed by atoms with Gasteiger partial charge < -0.3 is 36.7 Å². The molecular formula is C14H21CeN2NaO8. The Kier molecular flexibility index (Phi) is 11.6. The van der Waals surface area contributed by atoms with Gasteiger partial charge in [0.1, 0.15) is 0 Å². The minimum atomic E-state index is -1.97. The maximum atomic E-state index is 11.4. The molecule has 10 nitrogen and oxygen atoms in total. The Morgan fingerprint density at radius 1 is 0.846 bits per heavy atom. The summed E-state index contributed by atoms with van der Waals surface area (Å²) in [4.78, 5) is 45.4. The SMILES string of the molecule is NC1(N)CCCC(CC(=O)O)(CC(=O)O)C1(CC(=O)[O-])CC(=O)O.[Ce].[Na+]. The van der Waals surface area contributed by atoms with Gasteiger partial charge in [-0.15, -0.1) is 0 Å². The van der Waals surface area contributed by atoms with E-state index < -0.39 is 66.1 Å². The van der Waals surface area contributed by atoms with E-state index >= 15 is 0 Å². The molecule has 1 aliphatic carbocycles. The number of hydrogen-bond donors (Lipinski definition) is 5. The molecule has 0 aromatic carbocycles. The van der Waals surface area contributed by atoms with Crippen LogP contribution in [0.4, 0.5) is 0 Å². The third-order valence-electron chi connectivity index (χ3n) is 5.03. The quantitative estimate of drug-likeness (QED) is 0.157. The summed E-state index contributed by atoms with van der Waals surface area (Å²) in [7, 11) is 0. The third kappa shape index (κ3) is 6.09. The maximum Gasteiger partial charge on any atom is 1.00 e. The first-order valence-electron chi connectivity index (χ1n) is 7.30. The average molecular weight is 508 g/mol. The summed E-state index contributed by atoms with van der Waals surface area (Å²) in [5, 5.41) is 39.0. The zero-order valence-electron chi connectivity index (χ0n) is 14.5. The summed E-state index contributed by atoms with van der Waals surface area (Å²) in [5.74, 6) is -5.89. The van der Waals surface area contributed by atoms with Gasteiger partial charge in [0.2, 0.25) is 0 Å². The Morgan fingerprint density at radius 3 is 1.62 bits per heavy atom.